The van der Waals surface area contributed by atoms with Gasteiger partial charge in [0.25, 0.3) is 0 Å². The zero-order valence-electron chi connectivity index (χ0n) is 20.5. The molecule has 0 saturated carbocycles. The lowest BCUT2D eigenvalue weighted by atomic mass is 9.94. The molecule has 8 nitrogen and oxygen atoms in total. The Morgan fingerprint density at radius 3 is 2.80 bits per heavy atom. The summed E-state index contributed by atoms with van der Waals surface area (Å²) in [5, 5.41) is 9.39. The van der Waals surface area contributed by atoms with E-state index in [9.17, 15) is 8.78 Å². The fourth-order valence-corrected chi connectivity index (χ4v) is 5.05. The highest BCUT2D eigenvalue weighted by Gasteiger charge is 2.31. The molecule has 5 heterocycles. The Morgan fingerprint density at radius 2 is 2.06 bits per heavy atom. The molecule has 0 radical (unpaired) electrons. The fraction of sp³-hybridized carbons (Fsp3) is 0.560. The molecule has 5 rings (SSSR count). The van der Waals surface area contributed by atoms with Crippen molar-refractivity contribution in [3.05, 3.63) is 41.7 Å². The molecule has 3 aromatic rings. The summed E-state index contributed by atoms with van der Waals surface area (Å²) in [6.45, 7) is 7.28. The summed E-state index contributed by atoms with van der Waals surface area (Å²) < 4.78 is 43.5. The van der Waals surface area contributed by atoms with Crippen molar-refractivity contribution in [2.75, 3.05) is 33.4 Å². The number of alkyl halides is 1. The van der Waals surface area contributed by atoms with Gasteiger partial charge in [0, 0.05) is 54.9 Å². The molecule has 1 saturated heterocycles. The van der Waals surface area contributed by atoms with Gasteiger partial charge in [-0.25, -0.2) is 18.4 Å². The summed E-state index contributed by atoms with van der Waals surface area (Å²) in [5.41, 5.74) is 4.21. The van der Waals surface area contributed by atoms with Gasteiger partial charge >= 0.3 is 0 Å². The average molecular weight is 487 g/mol. The lowest BCUT2D eigenvalue weighted by molar-refractivity contribution is 0.0563. The molecule has 0 unspecified atom stereocenters. The summed E-state index contributed by atoms with van der Waals surface area (Å²) in [5.74, 6) is -0.658. The van der Waals surface area contributed by atoms with Crippen molar-refractivity contribution in [3.8, 4) is 22.8 Å². The highest BCUT2D eigenvalue weighted by molar-refractivity contribution is 5.64. The van der Waals surface area contributed by atoms with Gasteiger partial charge in [-0.15, -0.1) is 0 Å². The van der Waals surface area contributed by atoms with Gasteiger partial charge in [-0.05, 0) is 33.2 Å². The van der Waals surface area contributed by atoms with Crippen LogP contribution in [0.15, 0.2) is 24.7 Å². The molecule has 1 fully saturated rings. The van der Waals surface area contributed by atoms with Crippen LogP contribution in [0, 0.1) is 11.7 Å². The Balaban J connectivity index is 1.42. The standard InChI is InChI=1S/C25H32F2N6O2/c1-16(2)31-7-4-17(22(27)15-31)13-32-14-18(11-29-32)24-20-5-8-35-9-6-23(20)33(30-24)19-10-21(26)25(34-3)28-12-19/h10-12,14,16-17,22H,4-9,13,15H2,1-3H3/t17-,22-/m0/s1. The number of methoxy groups -OCH3 is 1. The van der Waals surface area contributed by atoms with Crippen LogP contribution in [0.3, 0.4) is 0 Å². The topological polar surface area (TPSA) is 70.2 Å². The van der Waals surface area contributed by atoms with Crippen LogP contribution in [0.4, 0.5) is 8.78 Å². The minimum absolute atomic E-state index is 0.0535. The number of hydrogen-bond donors (Lipinski definition) is 0. The third kappa shape index (κ3) is 4.81. The summed E-state index contributed by atoms with van der Waals surface area (Å²) in [7, 11) is 1.39. The van der Waals surface area contributed by atoms with Gasteiger partial charge in [0.05, 0.1) is 49.8 Å². The first-order chi connectivity index (χ1) is 16.9. The summed E-state index contributed by atoms with van der Waals surface area (Å²) >= 11 is 0. The second-order valence-electron chi connectivity index (χ2n) is 9.59. The van der Waals surface area contributed by atoms with Crippen molar-refractivity contribution < 1.29 is 18.3 Å². The predicted molar refractivity (Wildman–Crippen MR) is 127 cm³/mol. The van der Waals surface area contributed by atoms with E-state index in [0.29, 0.717) is 50.9 Å². The van der Waals surface area contributed by atoms with E-state index in [2.05, 4.69) is 28.8 Å². The average Bonchev–Trinajstić information content (AvgIpc) is 3.37. The Kier molecular flexibility index (Phi) is 6.84. The van der Waals surface area contributed by atoms with Gasteiger partial charge in [-0.2, -0.15) is 10.2 Å². The monoisotopic (exact) mass is 486 g/mol. The first-order valence-electron chi connectivity index (χ1n) is 12.2. The molecule has 0 amide bonds. The van der Waals surface area contributed by atoms with Crippen molar-refractivity contribution in [2.45, 2.75) is 51.9 Å². The lowest BCUT2D eigenvalue weighted by Crippen LogP contribution is -2.46. The fourth-order valence-electron chi connectivity index (χ4n) is 5.05. The number of hydrogen-bond acceptors (Lipinski definition) is 6. The van der Waals surface area contributed by atoms with Crippen LogP contribution < -0.4 is 4.74 Å². The SMILES string of the molecule is COc1ncc(-n2nc(-c3cnn(C[C@@H]4CCN(C(C)C)C[C@@H]4F)c3)c3c2CCOCC3)cc1F. The summed E-state index contributed by atoms with van der Waals surface area (Å²) in [4.78, 5) is 6.27. The summed E-state index contributed by atoms with van der Waals surface area (Å²) in [6.07, 6.45) is 6.56. The quantitative estimate of drug-likeness (QED) is 0.532. The molecular formula is C25H32F2N6O2. The van der Waals surface area contributed by atoms with Crippen LogP contribution in [-0.2, 0) is 24.1 Å². The normalized spacial score (nSPS) is 21.2. The number of rotatable bonds is 6. The molecule has 188 valence electrons. The minimum atomic E-state index is -0.871. The molecule has 10 heteroatoms. The molecule has 35 heavy (non-hydrogen) atoms. The lowest BCUT2D eigenvalue weighted by Gasteiger charge is -2.36. The van der Waals surface area contributed by atoms with Gasteiger partial charge in [0.1, 0.15) is 6.17 Å². The van der Waals surface area contributed by atoms with Crippen LogP contribution >= 0.6 is 0 Å². The smallest absolute Gasteiger partial charge is 0.250 e. The van der Waals surface area contributed by atoms with E-state index in [4.69, 9.17) is 14.6 Å². The van der Waals surface area contributed by atoms with E-state index in [1.165, 1.54) is 13.2 Å². The van der Waals surface area contributed by atoms with Gasteiger partial charge in [-0.1, -0.05) is 0 Å². The van der Waals surface area contributed by atoms with Crippen molar-refractivity contribution in [1.29, 1.82) is 0 Å². The minimum Gasteiger partial charge on any atom is -0.479 e. The third-order valence-electron chi connectivity index (χ3n) is 7.07. The van der Waals surface area contributed by atoms with Crippen LogP contribution in [0.1, 0.15) is 31.5 Å². The molecule has 2 aliphatic rings. The Morgan fingerprint density at radius 1 is 1.23 bits per heavy atom. The van der Waals surface area contributed by atoms with Crippen molar-refractivity contribution in [3.63, 3.8) is 0 Å². The Labute approximate surface area is 203 Å². The van der Waals surface area contributed by atoms with Crippen LogP contribution in [-0.4, -0.2) is 75.1 Å². The third-order valence-corrected chi connectivity index (χ3v) is 7.07. The maximum Gasteiger partial charge on any atom is 0.250 e. The number of pyridine rings is 1. The molecule has 0 N–H and O–H groups in total. The van der Waals surface area contributed by atoms with Crippen LogP contribution in [0.5, 0.6) is 5.88 Å². The number of aromatic nitrogens is 5. The van der Waals surface area contributed by atoms with Gasteiger partial charge in [0.15, 0.2) is 5.82 Å². The van der Waals surface area contributed by atoms with Crippen molar-refractivity contribution >= 4 is 0 Å². The van der Waals surface area contributed by atoms with E-state index >= 15 is 0 Å². The van der Waals surface area contributed by atoms with Gasteiger partial charge in [0.2, 0.25) is 5.88 Å². The molecule has 3 aromatic heterocycles. The number of halogens is 2. The molecule has 2 atom stereocenters. The highest BCUT2D eigenvalue weighted by atomic mass is 19.1. The molecule has 0 spiro atoms. The van der Waals surface area contributed by atoms with Crippen LogP contribution in [0.25, 0.3) is 16.9 Å². The number of piperidine rings is 1. The Bertz CT molecular complexity index is 1180. The van der Waals surface area contributed by atoms with Gasteiger partial charge in [-0.3, -0.25) is 9.58 Å². The molecule has 0 aliphatic carbocycles. The second kappa shape index (κ2) is 10.0. The van der Waals surface area contributed by atoms with E-state index in [1.807, 2.05) is 10.9 Å². The van der Waals surface area contributed by atoms with Crippen LogP contribution in [0.2, 0.25) is 0 Å². The highest BCUT2D eigenvalue weighted by Crippen LogP contribution is 2.31. The van der Waals surface area contributed by atoms with E-state index < -0.39 is 12.0 Å². The first-order valence-corrected chi connectivity index (χ1v) is 12.2. The second-order valence-corrected chi connectivity index (χ2v) is 9.59. The largest absolute Gasteiger partial charge is 0.479 e. The molecule has 0 aromatic carbocycles. The number of fused-ring (bicyclic) bond motifs is 1. The number of likely N-dealkylation sites (tertiary alicyclic amines) is 1. The predicted octanol–water partition coefficient (Wildman–Crippen LogP) is 3.46. The number of ether oxygens (including phenoxy) is 2. The number of nitrogens with zero attached hydrogens (tertiary/aromatic N) is 6. The molecule has 2 aliphatic heterocycles. The zero-order valence-corrected chi connectivity index (χ0v) is 20.5. The molecule has 0 bridgehead atoms. The maximum absolute atomic E-state index is 14.9. The first kappa shape index (κ1) is 23.9. The van der Waals surface area contributed by atoms with Crippen molar-refractivity contribution in [2.24, 2.45) is 5.92 Å². The molecular weight excluding hydrogens is 454 g/mol. The van der Waals surface area contributed by atoms with E-state index in [-0.39, 0.29) is 11.8 Å². The van der Waals surface area contributed by atoms with Crippen molar-refractivity contribution in [1.82, 2.24) is 29.4 Å². The maximum atomic E-state index is 14.9. The zero-order chi connectivity index (χ0) is 24.5. The van der Waals surface area contributed by atoms with Gasteiger partial charge < -0.3 is 9.47 Å². The van der Waals surface area contributed by atoms with E-state index in [1.54, 1.807) is 17.1 Å². The summed E-state index contributed by atoms with van der Waals surface area (Å²) in [6, 6.07) is 1.73. The Hall–Kier alpha value is -2.85. The van der Waals surface area contributed by atoms with E-state index in [0.717, 1.165) is 35.5 Å².